The van der Waals surface area contributed by atoms with Crippen LogP contribution in [0.2, 0.25) is 0 Å². The van der Waals surface area contributed by atoms with Crippen LogP contribution < -0.4 is 10.1 Å². The van der Waals surface area contributed by atoms with Gasteiger partial charge < -0.3 is 19.9 Å². The fraction of sp³-hybridized carbons (Fsp3) is 0.364. The molecule has 148 valence electrons. The Morgan fingerprint density at radius 2 is 1.82 bits per heavy atom. The number of anilines is 1. The summed E-state index contributed by atoms with van der Waals surface area (Å²) >= 11 is 0. The van der Waals surface area contributed by atoms with Crippen molar-refractivity contribution < 1.29 is 24.2 Å². The van der Waals surface area contributed by atoms with Crippen LogP contribution in [-0.2, 0) is 20.7 Å². The Morgan fingerprint density at radius 1 is 1.18 bits per heavy atom. The fourth-order valence-corrected chi connectivity index (χ4v) is 3.51. The van der Waals surface area contributed by atoms with Gasteiger partial charge >= 0.3 is 5.97 Å². The third-order valence-corrected chi connectivity index (χ3v) is 4.95. The lowest BCUT2D eigenvalue weighted by atomic mass is 9.96. The first-order valence-corrected chi connectivity index (χ1v) is 9.29. The standard InChI is InChI=1S/C22H25NO5/c1-14-10-15(2)12-18(11-14)23-20(24)13-17-4-6-19(7-5-17)28-22(21(25)26)8-9-27-16(22)3/h4-7,10-12,16H,8-9,13H2,1-3H3,(H,23,24)(H,25,26)/t16-,22+/m0/s1. The molecule has 0 saturated carbocycles. The fourth-order valence-electron chi connectivity index (χ4n) is 3.51. The quantitative estimate of drug-likeness (QED) is 0.798. The molecule has 0 aromatic heterocycles. The molecule has 3 rings (SSSR count). The molecule has 6 nitrogen and oxygen atoms in total. The molecule has 0 radical (unpaired) electrons. The lowest BCUT2D eigenvalue weighted by molar-refractivity contribution is -0.159. The van der Waals surface area contributed by atoms with E-state index in [0.29, 0.717) is 18.8 Å². The number of carboxylic acids is 1. The van der Waals surface area contributed by atoms with Gasteiger partial charge in [-0.3, -0.25) is 4.79 Å². The van der Waals surface area contributed by atoms with Gasteiger partial charge in [0, 0.05) is 12.1 Å². The smallest absolute Gasteiger partial charge is 0.350 e. The molecule has 1 aliphatic heterocycles. The summed E-state index contributed by atoms with van der Waals surface area (Å²) in [4.78, 5) is 24.0. The SMILES string of the molecule is Cc1cc(C)cc(NC(=O)Cc2ccc(O[C@]3(C(=O)O)CCO[C@H]3C)cc2)c1. The number of hydrogen-bond acceptors (Lipinski definition) is 4. The number of aryl methyl sites for hydroxylation is 2. The predicted molar refractivity (Wildman–Crippen MR) is 106 cm³/mol. The number of hydrogen-bond donors (Lipinski definition) is 2. The molecule has 2 aromatic carbocycles. The van der Waals surface area contributed by atoms with E-state index in [9.17, 15) is 14.7 Å². The lowest BCUT2D eigenvalue weighted by Crippen LogP contribution is -2.50. The zero-order valence-corrected chi connectivity index (χ0v) is 16.3. The first-order chi connectivity index (χ1) is 13.3. The van der Waals surface area contributed by atoms with E-state index in [0.717, 1.165) is 22.4 Å². The highest BCUT2D eigenvalue weighted by Crippen LogP contribution is 2.32. The predicted octanol–water partition coefficient (Wildman–Crippen LogP) is 3.50. The Balaban J connectivity index is 1.64. The minimum atomic E-state index is -1.37. The molecule has 1 amide bonds. The Hall–Kier alpha value is -2.86. The van der Waals surface area contributed by atoms with Gasteiger partial charge in [-0.05, 0) is 61.7 Å². The summed E-state index contributed by atoms with van der Waals surface area (Å²) < 4.78 is 11.2. The number of benzene rings is 2. The number of carbonyl (C=O) groups is 2. The second-order valence-corrected chi connectivity index (χ2v) is 7.31. The van der Waals surface area contributed by atoms with Gasteiger partial charge in [-0.15, -0.1) is 0 Å². The topological polar surface area (TPSA) is 84.9 Å². The lowest BCUT2D eigenvalue weighted by Gasteiger charge is -2.28. The van der Waals surface area contributed by atoms with Gasteiger partial charge in [0.25, 0.3) is 0 Å². The largest absolute Gasteiger partial charge is 0.478 e. The van der Waals surface area contributed by atoms with Crippen LogP contribution in [0.25, 0.3) is 0 Å². The van der Waals surface area contributed by atoms with Gasteiger partial charge in [0.1, 0.15) is 11.9 Å². The van der Waals surface area contributed by atoms with Gasteiger partial charge in [-0.2, -0.15) is 0 Å². The maximum Gasteiger partial charge on any atom is 0.350 e. The molecule has 1 aliphatic rings. The van der Waals surface area contributed by atoms with Crippen LogP contribution in [-0.4, -0.2) is 35.3 Å². The Bertz CT molecular complexity index is 857. The zero-order valence-electron chi connectivity index (χ0n) is 16.3. The molecular formula is C22H25NO5. The number of aliphatic carboxylic acids is 1. The molecule has 1 heterocycles. The Kier molecular flexibility index (Phi) is 5.70. The summed E-state index contributed by atoms with van der Waals surface area (Å²) in [5.41, 5.74) is 2.40. The summed E-state index contributed by atoms with van der Waals surface area (Å²) in [5.74, 6) is -0.703. The molecule has 2 aromatic rings. The highest BCUT2D eigenvalue weighted by molar-refractivity contribution is 5.92. The van der Waals surface area contributed by atoms with E-state index in [1.54, 1.807) is 31.2 Å². The maximum absolute atomic E-state index is 12.3. The van der Waals surface area contributed by atoms with E-state index >= 15 is 0 Å². The highest BCUT2D eigenvalue weighted by atomic mass is 16.6. The van der Waals surface area contributed by atoms with E-state index in [1.807, 2.05) is 26.0 Å². The number of amides is 1. The number of carboxylic acid groups (broad SMARTS) is 1. The molecule has 1 saturated heterocycles. The van der Waals surface area contributed by atoms with Gasteiger partial charge in [0.05, 0.1) is 13.0 Å². The normalized spacial score (nSPS) is 21.3. The third-order valence-electron chi connectivity index (χ3n) is 4.95. The van der Waals surface area contributed by atoms with Crippen molar-refractivity contribution >= 4 is 17.6 Å². The van der Waals surface area contributed by atoms with Crippen molar-refractivity contribution in [1.82, 2.24) is 0 Å². The van der Waals surface area contributed by atoms with Crippen molar-refractivity contribution in [3.05, 3.63) is 59.2 Å². The second-order valence-electron chi connectivity index (χ2n) is 7.31. The number of nitrogens with one attached hydrogen (secondary N) is 1. The van der Waals surface area contributed by atoms with Crippen molar-refractivity contribution in [1.29, 1.82) is 0 Å². The van der Waals surface area contributed by atoms with E-state index in [4.69, 9.17) is 9.47 Å². The van der Waals surface area contributed by atoms with Crippen molar-refractivity contribution in [3.63, 3.8) is 0 Å². The van der Waals surface area contributed by atoms with Crippen LogP contribution in [0.1, 0.15) is 30.0 Å². The summed E-state index contributed by atoms with van der Waals surface area (Å²) in [6.07, 6.45) is -0.0197. The molecule has 2 N–H and O–H groups in total. The van der Waals surface area contributed by atoms with Gasteiger partial charge in [-0.1, -0.05) is 18.2 Å². The van der Waals surface area contributed by atoms with E-state index in [2.05, 4.69) is 11.4 Å². The monoisotopic (exact) mass is 383 g/mol. The van der Waals surface area contributed by atoms with Crippen molar-refractivity contribution in [2.24, 2.45) is 0 Å². The first-order valence-electron chi connectivity index (χ1n) is 9.29. The van der Waals surface area contributed by atoms with Crippen LogP contribution in [0, 0.1) is 13.8 Å². The first kappa shape index (κ1) is 19.9. The molecule has 0 spiro atoms. The third kappa shape index (κ3) is 4.34. The number of ether oxygens (including phenoxy) is 2. The van der Waals surface area contributed by atoms with Crippen LogP contribution in [0.5, 0.6) is 5.75 Å². The highest BCUT2D eigenvalue weighted by Gasteiger charge is 2.51. The van der Waals surface area contributed by atoms with Crippen molar-refractivity contribution in [2.45, 2.75) is 45.3 Å². The van der Waals surface area contributed by atoms with Crippen LogP contribution in [0.15, 0.2) is 42.5 Å². The molecule has 2 atom stereocenters. The maximum atomic E-state index is 12.3. The Labute approximate surface area is 164 Å². The molecule has 0 bridgehead atoms. The van der Waals surface area contributed by atoms with Crippen LogP contribution in [0.4, 0.5) is 5.69 Å². The van der Waals surface area contributed by atoms with Crippen molar-refractivity contribution in [2.75, 3.05) is 11.9 Å². The van der Waals surface area contributed by atoms with Gasteiger partial charge in [0.15, 0.2) is 0 Å². The second kappa shape index (κ2) is 8.02. The minimum Gasteiger partial charge on any atom is -0.478 e. The Morgan fingerprint density at radius 3 is 2.36 bits per heavy atom. The summed E-state index contributed by atoms with van der Waals surface area (Å²) in [5, 5.41) is 12.5. The van der Waals surface area contributed by atoms with E-state index < -0.39 is 17.7 Å². The summed E-state index contributed by atoms with van der Waals surface area (Å²) in [6.45, 7) is 6.03. The van der Waals surface area contributed by atoms with E-state index in [1.165, 1.54) is 0 Å². The van der Waals surface area contributed by atoms with Crippen LogP contribution >= 0.6 is 0 Å². The van der Waals surface area contributed by atoms with E-state index in [-0.39, 0.29) is 12.3 Å². The average Bonchev–Trinajstić information content (AvgIpc) is 2.97. The summed E-state index contributed by atoms with van der Waals surface area (Å²) in [6, 6.07) is 12.8. The molecule has 0 unspecified atom stereocenters. The van der Waals surface area contributed by atoms with Gasteiger partial charge in [0.2, 0.25) is 11.5 Å². The van der Waals surface area contributed by atoms with Crippen molar-refractivity contribution in [3.8, 4) is 5.75 Å². The summed E-state index contributed by atoms with van der Waals surface area (Å²) in [7, 11) is 0. The average molecular weight is 383 g/mol. The molecule has 28 heavy (non-hydrogen) atoms. The zero-order chi connectivity index (χ0) is 20.3. The molecular weight excluding hydrogens is 358 g/mol. The van der Waals surface area contributed by atoms with Crippen LogP contribution in [0.3, 0.4) is 0 Å². The molecule has 6 heteroatoms. The number of rotatable bonds is 6. The molecule has 0 aliphatic carbocycles. The molecule has 1 fully saturated rings. The number of carbonyl (C=O) groups excluding carboxylic acids is 1. The van der Waals surface area contributed by atoms with Gasteiger partial charge in [-0.25, -0.2) is 4.79 Å². The minimum absolute atomic E-state index is 0.113.